The number of carboxylic acid groups (broad SMARTS) is 1. The van der Waals surface area contributed by atoms with Gasteiger partial charge in [-0.05, 0) is 38.5 Å². The number of hydrogen-bond acceptors (Lipinski definition) is 3. The second-order valence-electron chi connectivity index (χ2n) is 4.79. The molecule has 0 aromatic carbocycles. The van der Waals surface area contributed by atoms with Gasteiger partial charge in [-0.1, -0.05) is 0 Å². The minimum atomic E-state index is -0.707. The molecule has 2 rings (SSSR count). The summed E-state index contributed by atoms with van der Waals surface area (Å²) >= 11 is 0. The van der Waals surface area contributed by atoms with Gasteiger partial charge in [0, 0.05) is 19.8 Å². The molecule has 1 N–H and O–H groups in total. The molecule has 1 saturated heterocycles. The Hall–Kier alpha value is -0.610. The van der Waals surface area contributed by atoms with Gasteiger partial charge >= 0.3 is 5.97 Å². The molecule has 0 spiro atoms. The van der Waals surface area contributed by atoms with E-state index in [0.717, 1.165) is 12.8 Å². The van der Waals surface area contributed by atoms with Gasteiger partial charge < -0.3 is 14.6 Å². The molecule has 2 unspecified atom stereocenters. The summed E-state index contributed by atoms with van der Waals surface area (Å²) < 4.78 is 10.9. The average Bonchev–Trinajstić information content (AvgIpc) is 3.00. The molecule has 2 aliphatic rings. The first-order chi connectivity index (χ1) is 7.70. The Morgan fingerprint density at radius 2 is 2.31 bits per heavy atom. The molecule has 2 fully saturated rings. The third-order valence-corrected chi connectivity index (χ3v) is 3.76. The Labute approximate surface area is 95.9 Å². The number of rotatable bonds is 6. The number of aliphatic carboxylic acids is 1. The fourth-order valence-corrected chi connectivity index (χ4v) is 2.66. The predicted molar refractivity (Wildman–Crippen MR) is 58.3 cm³/mol. The zero-order valence-corrected chi connectivity index (χ0v) is 9.78. The van der Waals surface area contributed by atoms with Gasteiger partial charge in [-0.3, -0.25) is 4.79 Å². The van der Waals surface area contributed by atoms with E-state index in [1.165, 1.54) is 0 Å². The minimum absolute atomic E-state index is 0.0783. The predicted octanol–water partition coefficient (Wildman–Crippen LogP) is 1.68. The van der Waals surface area contributed by atoms with Crippen LogP contribution < -0.4 is 0 Å². The number of ether oxygens (including phenoxy) is 2. The fraction of sp³-hybridized carbons (Fsp3) is 0.917. The maximum absolute atomic E-state index is 11.5. The lowest BCUT2D eigenvalue weighted by atomic mass is 9.76. The van der Waals surface area contributed by atoms with Crippen LogP contribution in [-0.4, -0.2) is 37.0 Å². The van der Waals surface area contributed by atoms with Gasteiger partial charge in [0.2, 0.25) is 0 Å². The highest BCUT2D eigenvalue weighted by Crippen LogP contribution is 2.49. The Balaban J connectivity index is 2.04. The number of carbonyl (C=O) groups is 1. The largest absolute Gasteiger partial charge is 0.481 e. The maximum Gasteiger partial charge on any atom is 0.312 e. The van der Waals surface area contributed by atoms with E-state index in [2.05, 4.69) is 0 Å². The van der Waals surface area contributed by atoms with Gasteiger partial charge in [0.1, 0.15) is 0 Å². The zero-order chi connectivity index (χ0) is 11.6. The summed E-state index contributed by atoms with van der Waals surface area (Å²) in [6, 6.07) is 0. The lowest BCUT2D eigenvalue weighted by Crippen LogP contribution is -2.41. The molecule has 92 valence electrons. The third-order valence-electron chi connectivity index (χ3n) is 3.76. The summed E-state index contributed by atoms with van der Waals surface area (Å²) in [6.45, 7) is 3.68. The van der Waals surface area contributed by atoms with Crippen LogP contribution in [0.2, 0.25) is 0 Å². The maximum atomic E-state index is 11.5. The molecule has 0 bridgehead atoms. The van der Waals surface area contributed by atoms with Crippen molar-refractivity contribution in [3.8, 4) is 0 Å². The van der Waals surface area contributed by atoms with E-state index >= 15 is 0 Å². The molecule has 0 radical (unpaired) electrons. The second kappa shape index (κ2) is 4.72. The SMILES string of the molecule is CCOCCC1(C(=O)O)CCOC1C1CC1. The molecule has 2 atom stereocenters. The molecule has 1 aliphatic heterocycles. The number of hydrogen-bond donors (Lipinski definition) is 1. The van der Waals surface area contributed by atoms with Gasteiger partial charge in [-0.25, -0.2) is 0 Å². The third kappa shape index (κ3) is 2.09. The highest BCUT2D eigenvalue weighted by atomic mass is 16.5. The molecule has 0 amide bonds. The fourth-order valence-electron chi connectivity index (χ4n) is 2.66. The topological polar surface area (TPSA) is 55.8 Å². The first-order valence-electron chi connectivity index (χ1n) is 6.13. The van der Waals surface area contributed by atoms with Crippen molar-refractivity contribution in [1.29, 1.82) is 0 Å². The van der Waals surface area contributed by atoms with E-state index in [4.69, 9.17) is 9.47 Å². The van der Waals surface area contributed by atoms with E-state index in [9.17, 15) is 9.90 Å². The first kappa shape index (κ1) is 11.9. The molecule has 0 aromatic rings. The summed E-state index contributed by atoms with van der Waals surface area (Å²) in [4.78, 5) is 11.5. The van der Waals surface area contributed by atoms with Gasteiger partial charge in [-0.2, -0.15) is 0 Å². The van der Waals surface area contributed by atoms with E-state index in [-0.39, 0.29) is 6.10 Å². The summed E-state index contributed by atoms with van der Waals surface area (Å²) in [5.74, 6) is -0.234. The smallest absolute Gasteiger partial charge is 0.312 e. The van der Waals surface area contributed by atoms with E-state index in [0.29, 0.717) is 38.6 Å². The van der Waals surface area contributed by atoms with Crippen molar-refractivity contribution in [2.75, 3.05) is 19.8 Å². The minimum Gasteiger partial charge on any atom is -0.481 e. The van der Waals surface area contributed by atoms with E-state index in [1.54, 1.807) is 0 Å². The highest BCUT2D eigenvalue weighted by Gasteiger charge is 2.55. The van der Waals surface area contributed by atoms with Crippen molar-refractivity contribution in [2.24, 2.45) is 11.3 Å². The number of carboxylic acids is 1. The van der Waals surface area contributed by atoms with Crippen molar-refractivity contribution < 1.29 is 19.4 Å². The van der Waals surface area contributed by atoms with Crippen molar-refractivity contribution in [1.82, 2.24) is 0 Å². The molecule has 4 nitrogen and oxygen atoms in total. The van der Waals surface area contributed by atoms with Crippen LogP contribution in [0, 0.1) is 11.3 Å². The normalized spacial score (nSPS) is 34.2. The van der Waals surface area contributed by atoms with Crippen molar-refractivity contribution in [2.45, 2.75) is 38.7 Å². The Kier molecular flexibility index (Phi) is 3.50. The molecule has 1 aliphatic carbocycles. The molecule has 0 aromatic heterocycles. The van der Waals surface area contributed by atoms with Crippen LogP contribution in [0.4, 0.5) is 0 Å². The van der Waals surface area contributed by atoms with Crippen LogP contribution in [0.1, 0.15) is 32.6 Å². The average molecular weight is 228 g/mol. The highest BCUT2D eigenvalue weighted by molar-refractivity contribution is 5.76. The lowest BCUT2D eigenvalue weighted by Gasteiger charge is -2.29. The molecule has 1 heterocycles. The van der Waals surface area contributed by atoms with Gasteiger partial charge in [0.15, 0.2) is 0 Å². The quantitative estimate of drug-likeness (QED) is 0.703. The summed E-state index contributed by atoms with van der Waals surface area (Å²) in [5.41, 5.74) is -0.684. The Morgan fingerprint density at radius 1 is 1.56 bits per heavy atom. The van der Waals surface area contributed by atoms with Gasteiger partial charge in [0.05, 0.1) is 11.5 Å². The molecule has 16 heavy (non-hydrogen) atoms. The molecular formula is C12H20O4. The van der Waals surface area contributed by atoms with Crippen molar-refractivity contribution in [3.63, 3.8) is 0 Å². The molecule has 4 heteroatoms. The van der Waals surface area contributed by atoms with Crippen molar-refractivity contribution in [3.05, 3.63) is 0 Å². The van der Waals surface area contributed by atoms with Crippen LogP contribution >= 0.6 is 0 Å². The summed E-state index contributed by atoms with van der Waals surface area (Å²) in [6.07, 6.45) is 3.38. The van der Waals surface area contributed by atoms with Crippen LogP contribution in [0.25, 0.3) is 0 Å². The van der Waals surface area contributed by atoms with Gasteiger partial charge in [0.25, 0.3) is 0 Å². The molecule has 1 saturated carbocycles. The van der Waals surface area contributed by atoms with Crippen LogP contribution in [0.3, 0.4) is 0 Å². The van der Waals surface area contributed by atoms with Crippen LogP contribution in [0.15, 0.2) is 0 Å². The Morgan fingerprint density at radius 3 is 2.88 bits per heavy atom. The first-order valence-corrected chi connectivity index (χ1v) is 6.13. The molecular weight excluding hydrogens is 208 g/mol. The van der Waals surface area contributed by atoms with Crippen molar-refractivity contribution >= 4 is 5.97 Å². The standard InChI is InChI=1S/C12H20O4/c1-2-15-7-5-12(11(13)14)6-8-16-10(12)9-3-4-9/h9-10H,2-8H2,1H3,(H,13,14). The summed E-state index contributed by atoms with van der Waals surface area (Å²) in [5, 5.41) is 9.47. The monoisotopic (exact) mass is 228 g/mol. The van der Waals surface area contributed by atoms with E-state index < -0.39 is 11.4 Å². The van der Waals surface area contributed by atoms with Gasteiger partial charge in [-0.15, -0.1) is 0 Å². The van der Waals surface area contributed by atoms with Crippen LogP contribution in [0.5, 0.6) is 0 Å². The van der Waals surface area contributed by atoms with E-state index in [1.807, 2.05) is 6.92 Å². The Bertz CT molecular complexity index is 262. The second-order valence-corrected chi connectivity index (χ2v) is 4.79. The van der Waals surface area contributed by atoms with Crippen LogP contribution in [-0.2, 0) is 14.3 Å². The summed E-state index contributed by atoms with van der Waals surface area (Å²) in [7, 11) is 0. The zero-order valence-electron chi connectivity index (χ0n) is 9.78. The lowest BCUT2D eigenvalue weighted by molar-refractivity contribution is -0.155.